The monoisotopic (exact) mass is 299 g/mol. The quantitative estimate of drug-likeness (QED) is 0.540. The number of carbonyl (C=O) groups excluding carboxylic acids is 1. The van der Waals surface area contributed by atoms with Crippen molar-refractivity contribution in [2.75, 3.05) is 6.26 Å². The summed E-state index contributed by atoms with van der Waals surface area (Å²) < 4.78 is 10.5. The van der Waals surface area contributed by atoms with Crippen LogP contribution in [0.5, 0.6) is 5.75 Å². The summed E-state index contributed by atoms with van der Waals surface area (Å²) in [6.45, 7) is 0. The fraction of sp³-hybridized carbons (Fsp3) is 0.125. The van der Waals surface area contributed by atoms with Crippen molar-refractivity contribution in [1.29, 1.82) is 0 Å². The summed E-state index contributed by atoms with van der Waals surface area (Å²) in [7, 11) is 0. The topological polar surface area (TPSA) is 52.3 Å². The normalized spacial score (nSPS) is 10.7. The van der Waals surface area contributed by atoms with Gasteiger partial charge >= 0.3 is 5.97 Å². The highest BCUT2D eigenvalue weighted by atomic mass is 32.2. The maximum absolute atomic E-state index is 12.1. The van der Waals surface area contributed by atoms with Gasteiger partial charge in [-0.3, -0.25) is 0 Å². The molecule has 2 aromatic carbocycles. The number of benzene rings is 2. The smallest absolute Gasteiger partial charge is 0.343 e. The van der Waals surface area contributed by atoms with E-state index in [9.17, 15) is 4.79 Å². The van der Waals surface area contributed by atoms with Crippen molar-refractivity contribution in [2.24, 2.45) is 0 Å². The van der Waals surface area contributed by atoms with E-state index in [0.717, 1.165) is 5.75 Å². The predicted molar refractivity (Wildman–Crippen MR) is 82.6 cm³/mol. The van der Waals surface area contributed by atoms with Crippen LogP contribution in [0.4, 0.5) is 0 Å². The Hall–Kier alpha value is -2.27. The molecule has 0 N–H and O–H groups in total. The molecule has 0 amide bonds. The zero-order valence-corrected chi connectivity index (χ0v) is 12.2. The Morgan fingerprint density at radius 2 is 2.05 bits per heavy atom. The van der Waals surface area contributed by atoms with Gasteiger partial charge in [-0.15, -0.1) is 0 Å². The van der Waals surface area contributed by atoms with Crippen LogP contribution in [-0.2, 0) is 5.75 Å². The van der Waals surface area contributed by atoms with Gasteiger partial charge in [-0.25, -0.2) is 9.78 Å². The number of rotatable bonds is 4. The number of aromatic nitrogens is 1. The number of esters is 1. The molecule has 0 radical (unpaired) electrons. The lowest BCUT2D eigenvalue weighted by Crippen LogP contribution is -2.08. The molecule has 4 nitrogen and oxygen atoms in total. The van der Waals surface area contributed by atoms with E-state index < -0.39 is 0 Å². The molecule has 106 valence electrons. The van der Waals surface area contributed by atoms with Crippen molar-refractivity contribution in [2.45, 2.75) is 5.75 Å². The molecule has 0 atom stereocenters. The van der Waals surface area contributed by atoms with E-state index in [0.29, 0.717) is 22.4 Å². The Morgan fingerprint density at radius 1 is 1.24 bits per heavy atom. The van der Waals surface area contributed by atoms with Crippen molar-refractivity contribution in [3.05, 3.63) is 60.0 Å². The first-order valence-electron chi connectivity index (χ1n) is 6.39. The number of ether oxygens (including phenoxy) is 1. The highest BCUT2D eigenvalue weighted by Crippen LogP contribution is 2.20. The molecule has 1 aromatic heterocycles. The lowest BCUT2D eigenvalue weighted by molar-refractivity contribution is 0.0735. The fourth-order valence-corrected chi connectivity index (χ4v) is 2.50. The van der Waals surface area contributed by atoms with Gasteiger partial charge in [0.15, 0.2) is 12.0 Å². The van der Waals surface area contributed by atoms with E-state index in [1.807, 2.05) is 18.4 Å². The molecular formula is C16H13NO3S. The first-order chi connectivity index (χ1) is 10.3. The van der Waals surface area contributed by atoms with Crippen LogP contribution >= 0.6 is 11.8 Å². The Kier molecular flexibility index (Phi) is 3.92. The summed E-state index contributed by atoms with van der Waals surface area (Å²) in [6.07, 6.45) is 3.41. The Bertz CT molecular complexity index is 765. The third-order valence-corrected chi connectivity index (χ3v) is 3.64. The van der Waals surface area contributed by atoms with Gasteiger partial charge in [0.25, 0.3) is 0 Å². The Labute approximate surface area is 126 Å². The van der Waals surface area contributed by atoms with E-state index in [-0.39, 0.29) is 5.97 Å². The van der Waals surface area contributed by atoms with Gasteiger partial charge < -0.3 is 9.15 Å². The van der Waals surface area contributed by atoms with Gasteiger partial charge in [-0.2, -0.15) is 11.8 Å². The summed E-state index contributed by atoms with van der Waals surface area (Å²) in [4.78, 5) is 16.1. The van der Waals surface area contributed by atoms with Gasteiger partial charge in [-0.05, 0) is 36.1 Å². The molecule has 1 heterocycles. The molecule has 0 aliphatic heterocycles. The lowest BCUT2D eigenvalue weighted by atomic mass is 10.1. The second-order valence-electron chi connectivity index (χ2n) is 4.50. The second kappa shape index (κ2) is 6.01. The molecule has 3 aromatic rings. The average Bonchev–Trinajstić information content (AvgIpc) is 2.96. The molecule has 5 heteroatoms. The summed E-state index contributed by atoms with van der Waals surface area (Å²) in [5, 5.41) is 0. The number of hydrogen-bond donors (Lipinski definition) is 0. The van der Waals surface area contributed by atoms with Crippen LogP contribution in [0, 0.1) is 0 Å². The minimum atomic E-state index is -0.381. The van der Waals surface area contributed by atoms with Crippen LogP contribution < -0.4 is 4.74 Å². The van der Waals surface area contributed by atoms with E-state index in [2.05, 4.69) is 4.98 Å². The van der Waals surface area contributed by atoms with Crippen molar-refractivity contribution in [3.8, 4) is 5.75 Å². The van der Waals surface area contributed by atoms with Crippen molar-refractivity contribution < 1.29 is 13.9 Å². The molecule has 0 unspecified atom stereocenters. The number of nitrogens with zero attached hydrogens (tertiary/aromatic N) is 1. The maximum Gasteiger partial charge on any atom is 0.343 e. The molecule has 0 bridgehead atoms. The molecule has 0 fully saturated rings. The van der Waals surface area contributed by atoms with Gasteiger partial charge in [0, 0.05) is 11.8 Å². The Balaban J connectivity index is 1.75. The molecule has 21 heavy (non-hydrogen) atoms. The zero-order chi connectivity index (χ0) is 14.7. The first-order valence-corrected chi connectivity index (χ1v) is 7.79. The van der Waals surface area contributed by atoms with Crippen LogP contribution in [0.3, 0.4) is 0 Å². The van der Waals surface area contributed by atoms with Crippen molar-refractivity contribution in [3.63, 3.8) is 0 Å². The standard InChI is InChI=1S/C16H13NO3S/c1-21-9-11-2-4-12(5-3-11)16(18)20-13-6-7-15-14(8-13)17-10-19-15/h2-8,10H,9H2,1H3. The molecule has 0 aliphatic rings. The van der Waals surface area contributed by atoms with E-state index >= 15 is 0 Å². The number of thioether (sulfide) groups is 1. The third-order valence-electron chi connectivity index (χ3n) is 3.01. The highest BCUT2D eigenvalue weighted by molar-refractivity contribution is 7.97. The van der Waals surface area contributed by atoms with Crippen molar-refractivity contribution in [1.82, 2.24) is 4.98 Å². The summed E-state index contributed by atoms with van der Waals surface area (Å²) >= 11 is 1.74. The molecule has 0 spiro atoms. The van der Waals surface area contributed by atoms with Crippen molar-refractivity contribution >= 4 is 28.8 Å². The maximum atomic E-state index is 12.1. The van der Waals surface area contributed by atoms with Crippen LogP contribution in [0.15, 0.2) is 53.3 Å². The Morgan fingerprint density at radius 3 is 2.81 bits per heavy atom. The zero-order valence-electron chi connectivity index (χ0n) is 11.4. The minimum absolute atomic E-state index is 0.381. The van der Waals surface area contributed by atoms with Gasteiger partial charge in [-0.1, -0.05) is 12.1 Å². The van der Waals surface area contributed by atoms with Gasteiger partial charge in [0.1, 0.15) is 11.3 Å². The molecule has 3 rings (SSSR count). The van der Waals surface area contributed by atoms with Gasteiger partial charge in [0.05, 0.1) is 5.56 Å². The molecule has 0 saturated carbocycles. The van der Waals surface area contributed by atoms with Crippen LogP contribution in [0.2, 0.25) is 0 Å². The van der Waals surface area contributed by atoms with Crippen LogP contribution in [-0.4, -0.2) is 17.2 Å². The van der Waals surface area contributed by atoms with Gasteiger partial charge in [0.2, 0.25) is 0 Å². The average molecular weight is 299 g/mol. The number of hydrogen-bond acceptors (Lipinski definition) is 5. The second-order valence-corrected chi connectivity index (χ2v) is 5.37. The first kappa shape index (κ1) is 13.7. The number of oxazole rings is 1. The number of carbonyl (C=O) groups is 1. The molecular weight excluding hydrogens is 286 g/mol. The lowest BCUT2D eigenvalue weighted by Gasteiger charge is -2.05. The van der Waals surface area contributed by atoms with Crippen LogP contribution in [0.25, 0.3) is 11.1 Å². The highest BCUT2D eigenvalue weighted by Gasteiger charge is 2.09. The number of fused-ring (bicyclic) bond motifs is 1. The minimum Gasteiger partial charge on any atom is -0.443 e. The summed E-state index contributed by atoms with van der Waals surface area (Å²) in [6, 6.07) is 12.5. The van der Waals surface area contributed by atoms with E-state index in [4.69, 9.17) is 9.15 Å². The largest absolute Gasteiger partial charge is 0.443 e. The summed E-state index contributed by atoms with van der Waals surface area (Å²) in [5.41, 5.74) is 3.04. The third kappa shape index (κ3) is 3.08. The SMILES string of the molecule is CSCc1ccc(C(=O)Oc2ccc3ocnc3c2)cc1. The predicted octanol–water partition coefficient (Wildman–Crippen LogP) is 3.91. The molecule has 0 aliphatic carbocycles. The molecule has 0 saturated heterocycles. The summed E-state index contributed by atoms with van der Waals surface area (Å²) in [5.74, 6) is 1.00. The fourth-order valence-electron chi connectivity index (χ4n) is 1.97. The van der Waals surface area contributed by atoms with Crippen LogP contribution in [0.1, 0.15) is 15.9 Å². The van der Waals surface area contributed by atoms with E-state index in [1.165, 1.54) is 12.0 Å². The van der Waals surface area contributed by atoms with E-state index in [1.54, 1.807) is 42.1 Å².